The van der Waals surface area contributed by atoms with E-state index in [1.165, 1.54) is 31.4 Å². The molecule has 0 aliphatic heterocycles. The molecule has 0 aromatic heterocycles. The molecule has 0 spiro atoms. The molecule has 0 bridgehead atoms. The van der Waals surface area contributed by atoms with Crippen LogP contribution in [-0.4, -0.2) is 24.1 Å². The fourth-order valence-corrected chi connectivity index (χ4v) is 3.18. The first kappa shape index (κ1) is 22.6. The molecule has 164 valence electrons. The fourth-order valence-electron chi connectivity index (χ4n) is 3.18. The van der Waals surface area contributed by atoms with Crippen LogP contribution >= 0.6 is 0 Å². The summed E-state index contributed by atoms with van der Waals surface area (Å²) in [6, 6.07) is 21.7. The van der Waals surface area contributed by atoms with Crippen LogP contribution in [0.3, 0.4) is 0 Å². The Balaban J connectivity index is 1.68. The van der Waals surface area contributed by atoms with E-state index in [0.717, 1.165) is 22.4 Å². The molecule has 0 heterocycles. The summed E-state index contributed by atoms with van der Waals surface area (Å²) in [5.41, 5.74) is 3.05. The van der Waals surface area contributed by atoms with E-state index >= 15 is 0 Å². The molecule has 0 aliphatic carbocycles. The van der Waals surface area contributed by atoms with Crippen molar-refractivity contribution in [2.75, 3.05) is 12.4 Å². The molecule has 1 amide bonds. The molecule has 1 unspecified atom stereocenters. The summed E-state index contributed by atoms with van der Waals surface area (Å²) in [5.74, 6) is -0.360. The summed E-state index contributed by atoms with van der Waals surface area (Å²) in [6.07, 6.45) is 1.37. The highest BCUT2D eigenvalue weighted by atomic mass is 16.5. The van der Waals surface area contributed by atoms with Gasteiger partial charge in [0.1, 0.15) is 17.6 Å². The van der Waals surface area contributed by atoms with Crippen molar-refractivity contribution in [2.45, 2.75) is 20.0 Å². The van der Waals surface area contributed by atoms with E-state index in [2.05, 4.69) is 5.32 Å². The summed E-state index contributed by atoms with van der Waals surface area (Å²) in [5, 5.41) is 11.9. The second kappa shape index (κ2) is 10.3. The number of hydrogen-bond donors (Lipinski definition) is 2. The van der Waals surface area contributed by atoms with Gasteiger partial charge in [-0.15, -0.1) is 0 Å². The third kappa shape index (κ3) is 5.76. The van der Waals surface area contributed by atoms with Crippen molar-refractivity contribution in [3.05, 3.63) is 95.6 Å². The second-order valence-electron chi connectivity index (χ2n) is 7.23. The smallest absolute Gasteiger partial charge is 0.335 e. The Bertz CT molecular complexity index is 1120. The molecule has 6 heteroatoms. The minimum absolute atomic E-state index is 0.0575. The van der Waals surface area contributed by atoms with Crippen LogP contribution in [0.2, 0.25) is 0 Å². The van der Waals surface area contributed by atoms with E-state index in [-0.39, 0.29) is 17.6 Å². The lowest BCUT2D eigenvalue weighted by Crippen LogP contribution is -2.10. The molecular formula is C26H25NO5. The number of carboxylic acids is 1. The molecule has 0 fully saturated rings. The normalized spacial score (nSPS) is 12.0. The quantitative estimate of drug-likeness (QED) is 0.455. The van der Waals surface area contributed by atoms with Gasteiger partial charge in [-0.1, -0.05) is 42.5 Å². The maximum Gasteiger partial charge on any atom is 0.335 e. The number of carbonyl (C=O) groups excluding carboxylic acids is 1. The van der Waals surface area contributed by atoms with E-state index in [9.17, 15) is 9.59 Å². The number of aromatic carboxylic acids is 1. The van der Waals surface area contributed by atoms with Gasteiger partial charge in [-0.05, 0) is 60.9 Å². The molecule has 0 radical (unpaired) electrons. The van der Waals surface area contributed by atoms with Crippen LogP contribution in [0.4, 0.5) is 5.69 Å². The Morgan fingerprint density at radius 1 is 0.969 bits per heavy atom. The van der Waals surface area contributed by atoms with Gasteiger partial charge in [0.25, 0.3) is 0 Å². The number of ether oxygens (including phenoxy) is 2. The number of anilines is 1. The minimum atomic E-state index is -1.08. The average Bonchev–Trinajstić information content (AvgIpc) is 2.79. The van der Waals surface area contributed by atoms with Gasteiger partial charge in [-0.25, -0.2) is 4.79 Å². The van der Waals surface area contributed by atoms with Gasteiger partial charge in [0, 0.05) is 6.08 Å². The largest absolute Gasteiger partial charge is 0.495 e. The van der Waals surface area contributed by atoms with Gasteiger partial charge in [0.15, 0.2) is 0 Å². The predicted octanol–water partition coefficient (Wildman–Crippen LogP) is 5.58. The third-order valence-corrected chi connectivity index (χ3v) is 4.94. The third-order valence-electron chi connectivity index (χ3n) is 4.94. The van der Waals surface area contributed by atoms with E-state index in [1.54, 1.807) is 0 Å². The minimum Gasteiger partial charge on any atom is -0.495 e. The standard InChI is InChI=1S/C26H25NO5/c1-17(15-25(28)27-23-16-21(26(29)30)11-14-24(23)31-3)19-9-12-22(13-10-19)32-18(2)20-7-5-4-6-8-20/h4-16,18H,1-3H3,(H,27,28)(H,29,30)/b17-15+. The molecule has 2 N–H and O–H groups in total. The van der Waals surface area contributed by atoms with Crippen molar-refractivity contribution in [2.24, 2.45) is 0 Å². The number of benzene rings is 3. The Morgan fingerprint density at radius 3 is 2.25 bits per heavy atom. The molecular weight excluding hydrogens is 406 g/mol. The molecule has 32 heavy (non-hydrogen) atoms. The summed E-state index contributed by atoms with van der Waals surface area (Å²) in [6.45, 7) is 3.82. The highest BCUT2D eigenvalue weighted by Crippen LogP contribution is 2.27. The van der Waals surface area contributed by atoms with Crippen LogP contribution < -0.4 is 14.8 Å². The number of carboxylic acid groups (broad SMARTS) is 1. The van der Waals surface area contributed by atoms with Crippen LogP contribution in [0, 0.1) is 0 Å². The molecule has 3 rings (SSSR count). The zero-order chi connectivity index (χ0) is 23.1. The van der Waals surface area contributed by atoms with Crippen LogP contribution in [0.15, 0.2) is 78.9 Å². The summed E-state index contributed by atoms with van der Waals surface area (Å²) < 4.78 is 11.2. The fraction of sp³-hybridized carbons (Fsp3) is 0.154. The van der Waals surface area contributed by atoms with Crippen LogP contribution in [0.1, 0.15) is 41.4 Å². The zero-order valence-corrected chi connectivity index (χ0v) is 18.2. The number of methoxy groups -OCH3 is 1. The lowest BCUT2D eigenvalue weighted by atomic mass is 10.1. The maximum atomic E-state index is 12.5. The second-order valence-corrected chi connectivity index (χ2v) is 7.23. The zero-order valence-electron chi connectivity index (χ0n) is 18.2. The Morgan fingerprint density at radius 2 is 1.62 bits per heavy atom. The summed E-state index contributed by atoms with van der Waals surface area (Å²) >= 11 is 0. The number of rotatable bonds is 8. The predicted molar refractivity (Wildman–Crippen MR) is 124 cm³/mol. The van der Waals surface area contributed by atoms with Crippen LogP contribution in [0.5, 0.6) is 11.5 Å². The lowest BCUT2D eigenvalue weighted by molar-refractivity contribution is -0.111. The topological polar surface area (TPSA) is 84.9 Å². The number of amides is 1. The van der Waals surface area contributed by atoms with Gasteiger partial charge in [0.2, 0.25) is 5.91 Å². The van der Waals surface area contributed by atoms with Crippen LogP contribution in [0.25, 0.3) is 5.57 Å². The Hall–Kier alpha value is -4.06. The summed E-state index contributed by atoms with van der Waals surface area (Å²) in [4.78, 5) is 23.7. The van der Waals surface area contributed by atoms with Gasteiger partial charge in [-0.2, -0.15) is 0 Å². The molecule has 1 atom stereocenters. The Kier molecular flexibility index (Phi) is 7.29. The number of allylic oxidation sites excluding steroid dienone is 1. The van der Waals surface area contributed by atoms with Gasteiger partial charge >= 0.3 is 5.97 Å². The summed E-state index contributed by atoms with van der Waals surface area (Å²) in [7, 11) is 1.45. The average molecular weight is 431 g/mol. The maximum absolute atomic E-state index is 12.5. The highest BCUT2D eigenvalue weighted by molar-refractivity contribution is 6.05. The lowest BCUT2D eigenvalue weighted by Gasteiger charge is -2.15. The van der Waals surface area contributed by atoms with E-state index in [1.807, 2.05) is 68.4 Å². The van der Waals surface area contributed by atoms with E-state index in [0.29, 0.717) is 11.4 Å². The van der Waals surface area contributed by atoms with E-state index < -0.39 is 5.97 Å². The van der Waals surface area contributed by atoms with Gasteiger partial charge in [0.05, 0.1) is 18.4 Å². The number of hydrogen-bond acceptors (Lipinski definition) is 4. The van der Waals surface area contributed by atoms with Crippen LogP contribution in [-0.2, 0) is 4.79 Å². The van der Waals surface area contributed by atoms with Gasteiger partial charge < -0.3 is 19.9 Å². The molecule has 3 aromatic rings. The first-order chi connectivity index (χ1) is 15.4. The first-order valence-electron chi connectivity index (χ1n) is 10.1. The molecule has 6 nitrogen and oxygen atoms in total. The SMILES string of the molecule is COc1ccc(C(=O)O)cc1NC(=O)/C=C(\C)c1ccc(OC(C)c2ccccc2)cc1. The first-order valence-corrected chi connectivity index (χ1v) is 10.1. The van der Waals surface area contributed by atoms with Crippen molar-refractivity contribution in [3.8, 4) is 11.5 Å². The molecule has 0 aliphatic rings. The highest BCUT2D eigenvalue weighted by Gasteiger charge is 2.12. The number of nitrogens with one attached hydrogen (secondary N) is 1. The monoisotopic (exact) mass is 431 g/mol. The molecule has 3 aromatic carbocycles. The van der Waals surface area contributed by atoms with E-state index in [4.69, 9.17) is 14.6 Å². The number of carbonyl (C=O) groups is 2. The van der Waals surface area contributed by atoms with Crippen molar-refractivity contribution < 1.29 is 24.2 Å². The van der Waals surface area contributed by atoms with Crippen molar-refractivity contribution in [3.63, 3.8) is 0 Å². The van der Waals surface area contributed by atoms with Gasteiger partial charge in [-0.3, -0.25) is 4.79 Å². The van der Waals surface area contributed by atoms with Crippen molar-refractivity contribution >= 4 is 23.1 Å². The van der Waals surface area contributed by atoms with Crippen molar-refractivity contribution in [1.29, 1.82) is 0 Å². The molecule has 0 saturated carbocycles. The Labute approximate surface area is 187 Å². The van der Waals surface area contributed by atoms with Crippen molar-refractivity contribution in [1.82, 2.24) is 0 Å². The molecule has 0 saturated heterocycles.